The number of anilines is 1. The van der Waals surface area contributed by atoms with E-state index in [-0.39, 0.29) is 5.91 Å². The standard InChI is InChI=1S/C14H17N3OS/c1-2-5-15-13-8-12(3-6-16-13)14(18)17-9-11-4-7-19-10-11/h3-4,6-8,10H,2,5,9H2,1H3,(H,15,16)(H,17,18). The van der Waals surface area contributed by atoms with Gasteiger partial charge in [-0.05, 0) is 40.9 Å². The highest BCUT2D eigenvalue weighted by atomic mass is 32.1. The lowest BCUT2D eigenvalue weighted by molar-refractivity contribution is 0.0951. The fraction of sp³-hybridized carbons (Fsp3) is 0.286. The Balaban J connectivity index is 1.94. The number of amides is 1. The number of pyridine rings is 1. The van der Waals surface area contributed by atoms with Gasteiger partial charge < -0.3 is 10.6 Å². The van der Waals surface area contributed by atoms with Crippen LogP contribution in [-0.2, 0) is 6.54 Å². The molecule has 0 saturated heterocycles. The van der Waals surface area contributed by atoms with Gasteiger partial charge in [0.25, 0.3) is 5.91 Å². The molecule has 0 fully saturated rings. The van der Waals surface area contributed by atoms with Crippen molar-refractivity contribution in [2.24, 2.45) is 0 Å². The molecule has 0 saturated carbocycles. The molecule has 0 aliphatic heterocycles. The fourth-order valence-corrected chi connectivity index (χ4v) is 2.27. The molecule has 4 nitrogen and oxygen atoms in total. The molecule has 0 radical (unpaired) electrons. The number of carbonyl (C=O) groups is 1. The van der Waals surface area contributed by atoms with Gasteiger partial charge in [0.15, 0.2) is 0 Å². The Hall–Kier alpha value is -1.88. The van der Waals surface area contributed by atoms with Crippen molar-refractivity contribution < 1.29 is 4.79 Å². The SMILES string of the molecule is CCCNc1cc(C(=O)NCc2ccsc2)ccn1. The molecule has 100 valence electrons. The van der Waals surface area contributed by atoms with Crippen molar-refractivity contribution in [2.75, 3.05) is 11.9 Å². The van der Waals surface area contributed by atoms with E-state index in [2.05, 4.69) is 22.5 Å². The molecule has 0 aliphatic rings. The second-order valence-corrected chi connectivity index (χ2v) is 4.95. The summed E-state index contributed by atoms with van der Waals surface area (Å²) in [6.07, 6.45) is 2.67. The van der Waals surface area contributed by atoms with Crippen LogP contribution in [0.1, 0.15) is 29.3 Å². The van der Waals surface area contributed by atoms with E-state index in [0.29, 0.717) is 12.1 Å². The smallest absolute Gasteiger partial charge is 0.251 e. The monoisotopic (exact) mass is 275 g/mol. The van der Waals surface area contributed by atoms with Crippen LogP contribution in [0.5, 0.6) is 0 Å². The van der Waals surface area contributed by atoms with Crippen molar-refractivity contribution >= 4 is 23.1 Å². The highest BCUT2D eigenvalue weighted by molar-refractivity contribution is 7.07. The number of carbonyl (C=O) groups excluding carboxylic acids is 1. The van der Waals surface area contributed by atoms with E-state index in [1.807, 2.05) is 16.8 Å². The minimum absolute atomic E-state index is 0.0758. The quantitative estimate of drug-likeness (QED) is 0.852. The zero-order valence-corrected chi connectivity index (χ0v) is 11.7. The maximum absolute atomic E-state index is 12.0. The molecule has 0 aliphatic carbocycles. The first kappa shape index (κ1) is 13.5. The Morgan fingerprint density at radius 3 is 3.05 bits per heavy atom. The molecule has 0 unspecified atom stereocenters. The summed E-state index contributed by atoms with van der Waals surface area (Å²) in [6.45, 7) is 3.50. The van der Waals surface area contributed by atoms with E-state index in [1.165, 1.54) is 0 Å². The number of nitrogens with one attached hydrogen (secondary N) is 2. The second kappa shape index (κ2) is 6.89. The predicted molar refractivity (Wildman–Crippen MR) is 78.5 cm³/mol. The first-order valence-electron chi connectivity index (χ1n) is 6.29. The average molecular weight is 275 g/mol. The van der Waals surface area contributed by atoms with Crippen LogP contribution in [0.3, 0.4) is 0 Å². The van der Waals surface area contributed by atoms with Gasteiger partial charge in [0.2, 0.25) is 0 Å². The van der Waals surface area contributed by atoms with Crippen molar-refractivity contribution in [3.63, 3.8) is 0 Å². The zero-order chi connectivity index (χ0) is 13.5. The molecule has 0 aromatic carbocycles. The number of thiophene rings is 1. The van der Waals surface area contributed by atoms with Gasteiger partial charge >= 0.3 is 0 Å². The Morgan fingerprint density at radius 1 is 1.42 bits per heavy atom. The van der Waals surface area contributed by atoms with E-state index in [1.54, 1.807) is 29.7 Å². The topological polar surface area (TPSA) is 54.0 Å². The Kier molecular flexibility index (Phi) is 4.92. The highest BCUT2D eigenvalue weighted by Gasteiger charge is 2.06. The van der Waals surface area contributed by atoms with E-state index < -0.39 is 0 Å². The van der Waals surface area contributed by atoms with Gasteiger partial charge in [0, 0.05) is 24.8 Å². The van der Waals surface area contributed by atoms with Crippen molar-refractivity contribution in [2.45, 2.75) is 19.9 Å². The van der Waals surface area contributed by atoms with Crippen LogP contribution in [0.25, 0.3) is 0 Å². The zero-order valence-electron chi connectivity index (χ0n) is 10.8. The molecule has 5 heteroatoms. The molecule has 19 heavy (non-hydrogen) atoms. The van der Waals surface area contributed by atoms with Gasteiger partial charge in [-0.3, -0.25) is 4.79 Å². The van der Waals surface area contributed by atoms with E-state index in [0.717, 1.165) is 24.3 Å². The lowest BCUT2D eigenvalue weighted by Gasteiger charge is -2.07. The summed E-state index contributed by atoms with van der Waals surface area (Å²) in [7, 11) is 0. The van der Waals surface area contributed by atoms with Crippen LogP contribution in [0.2, 0.25) is 0 Å². The van der Waals surface area contributed by atoms with Crippen molar-refractivity contribution in [1.82, 2.24) is 10.3 Å². The molecule has 2 aromatic heterocycles. The largest absolute Gasteiger partial charge is 0.370 e. The van der Waals surface area contributed by atoms with Crippen molar-refractivity contribution in [3.05, 3.63) is 46.3 Å². The average Bonchev–Trinajstić information content (AvgIpc) is 2.96. The third-order valence-electron chi connectivity index (χ3n) is 2.61. The van der Waals surface area contributed by atoms with Crippen LogP contribution in [-0.4, -0.2) is 17.4 Å². The van der Waals surface area contributed by atoms with Crippen molar-refractivity contribution in [1.29, 1.82) is 0 Å². The normalized spacial score (nSPS) is 10.2. The van der Waals surface area contributed by atoms with Crippen LogP contribution >= 0.6 is 11.3 Å². The summed E-state index contributed by atoms with van der Waals surface area (Å²) in [5, 5.41) is 10.1. The van der Waals surface area contributed by atoms with Crippen molar-refractivity contribution in [3.8, 4) is 0 Å². The summed E-state index contributed by atoms with van der Waals surface area (Å²) in [4.78, 5) is 16.2. The molecule has 1 amide bonds. The first-order chi connectivity index (χ1) is 9.29. The fourth-order valence-electron chi connectivity index (χ4n) is 1.60. The molecule has 2 N–H and O–H groups in total. The minimum atomic E-state index is -0.0758. The van der Waals surface area contributed by atoms with Crippen LogP contribution in [0.15, 0.2) is 35.2 Å². The molecule has 2 aromatic rings. The molecule has 2 heterocycles. The molecule has 0 atom stereocenters. The Morgan fingerprint density at radius 2 is 2.32 bits per heavy atom. The van der Waals surface area contributed by atoms with Crippen LogP contribution < -0.4 is 10.6 Å². The highest BCUT2D eigenvalue weighted by Crippen LogP contribution is 2.08. The number of hydrogen-bond donors (Lipinski definition) is 2. The van der Waals surface area contributed by atoms with E-state index >= 15 is 0 Å². The minimum Gasteiger partial charge on any atom is -0.370 e. The molecule has 2 rings (SSSR count). The Bertz CT molecular complexity index is 525. The van der Waals surface area contributed by atoms with Gasteiger partial charge in [-0.1, -0.05) is 6.92 Å². The molecule has 0 bridgehead atoms. The summed E-state index contributed by atoms with van der Waals surface area (Å²) in [5.41, 5.74) is 1.75. The first-order valence-corrected chi connectivity index (χ1v) is 7.23. The molecular formula is C14H17N3OS. The summed E-state index contributed by atoms with van der Waals surface area (Å²) in [6, 6.07) is 5.50. The third-order valence-corrected chi connectivity index (χ3v) is 3.34. The van der Waals surface area contributed by atoms with Gasteiger partial charge in [-0.2, -0.15) is 11.3 Å². The summed E-state index contributed by atoms with van der Waals surface area (Å²) >= 11 is 1.63. The molecular weight excluding hydrogens is 258 g/mol. The number of rotatable bonds is 6. The Labute approximate surface area is 116 Å². The lowest BCUT2D eigenvalue weighted by atomic mass is 10.2. The van der Waals surface area contributed by atoms with Gasteiger partial charge in [-0.25, -0.2) is 4.98 Å². The van der Waals surface area contributed by atoms with Gasteiger partial charge in [0.05, 0.1) is 0 Å². The third kappa shape index (κ3) is 4.06. The number of hydrogen-bond acceptors (Lipinski definition) is 4. The lowest BCUT2D eigenvalue weighted by Crippen LogP contribution is -2.22. The van der Waals surface area contributed by atoms with E-state index in [9.17, 15) is 4.79 Å². The van der Waals surface area contributed by atoms with E-state index in [4.69, 9.17) is 0 Å². The van der Waals surface area contributed by atoms with Gasteiger partial charge in [-0.15, -0.1) is 0 Å². The number of nitrogens with zero attached hydrogens (tertiary/aromatic N) is 1. The maximum Gasteiger partial charge on any atom is 0.251 e. The van der Waals surface area contributed by atoms with Crippen LogP contribution in [0, 0.1) is 0 Å². The molecule has 0 spiro atoms. The number of aromatic nitrogens is 1. The maximum atomic E-state index is 12.0. The second-order valence-electron chi connectivity index (χ2n) is 4.17. The van der Waals surface area contributed by atoms with Gasteiger partial charge in [0.1, 0.15) is 5.82 Å². The summed E-state index contributed by atoms with van der Waals surface area (Å²) in [5.74, 6) is 0.665. The predicted octanol–water partition coefficient (Wildman–Crippen LogP) is 2.90. The van der Waals surface area contributed by atoms with Crippen LogP contribution in [0.4, 0.5) is 5.82 Å². The summed E-state index contributed by atoms with van der Waals surface area (Å²) < 4.78 is 0.